The highest BCUT2D eigenvalue weighted by Crippen LogP contribution is 2.49. The van der Waals surface area contributed by atoms with Crippen LogP contribution < -0.4 is 5.19 Å². The van der Waals surface area contributed by atoms with Gasteiger partial charge in [-0.1, -0.05) is 31.8 Å². The largest absolute Gasteiger partial charge is 0.464 e. The van der Waals surface area contributed by atoms with Crippen molar-refractivity contribution in [3.63, 3.8) is 0 Å². The molecular formula is C23H28N2O4Si. The Hall–Kier alpha value is -2.80. The molecule has 0 saturated carbocycles. The summed E-state index contributed by atoms with van der Waals surface area (Å²) in [5.41, 5.74) is 4.89. The highest BCUT2D eigenvalue weighted by Gasteiger charge is 2.39. The number of esters is 1. The predicted molar refractivity (Wildman–Crippen MR) is 121 cm³/mol. The van der Waals surface area contributed by atoms with E-state index in [1.165, 1.54) is 7.11 Å². The number of nitrogens with zero attached hydrogens (tertiary/aromatic N) is 2. The third-order valence-corrected chi connectivity index (χ3v) is 7.45. The van der Waals surface area contributed by atoms with E-state index in [1.54, 1.807) is 4.57 Å². The maximum atomic E-state index is 12.9. The van der Waals surface area contributed by atoms with Gasteiger partial charge in [-0.25, -0.2) is 9.59 Å². The highest BCUT2D eigenvalue weighted by atomic mass is 28.3. The number of fused-ring (bicyclic) bond motifs is 3. The summed E-state index contributed by atoms with van der Waals surface area (Å²) in [5.74, 6) is -0.329. The molecule has 0 spiro atoms. The predicted octanol–water partition coefficient (Wildman–Crippen LogP) is 4.74. The van der Waals surface area contributed by atoms with Crippen molar-refractivity contribution < 1.29 is 19.1 Å². The maximum absolute atomic E-state index is 12.9. The van der Waals surface area contributed by atoms with Crippen LogP contribution >= 0.6 is 0 Å². The molecule has 0 fully saturated rings. The van der Waals surface area contributed by atoms with E-state index < -0.39 is 19.8 Å². The number of carbonyl (C=O) groups is 2. The number of ether oxygens (including phenoxy) is 2. The van der Waals surface area contributed by atoms with Crippen LogP contribution in [0.3, 0.4) is 0 Å². The monoisotopic (exact) mass is 424 g/mol. The van der Waals surface area contributed by atoms with Crippen LogP contribution in [0.4, 0.5) is 4.79 Å². The Bertz CT molecular complexity index is 1220. The molecule has 0 N–H and O–H groups in total. The van der Waals surface area contributed by atoms with Gasteiger partial charge < -0.3 is 14.0 Å². The fourth-order valence-corrected chi connectivity index (χ4v) is 6.45. The molecule has 6 nitrogen and oxygen atoms in total. The van der Waals surface area contributed by atoms with Crippen molar-refractivity contribution >= 4 is 36.2 Å². The number of carbonyl (C=O) groups excluding carboxylic acids is 2. The Balaban J connectivity index is 2.04. The standard InChI is InChI=1S/C23H28N2O4Si/c1-23(2,3)29-22(27)25-12-14-16-13(10-9-11-15(16)25)17-18(14)24(4)19(21(26)28-5)20(17)30(6,7)8/h9-12H,1-8H3. The molecule has 1 aliphatic carbocycles. The lowest BCUT2D eigenvalue weighted by Crippen LogP contribution is -2.42. The normalized spacial score (nSPS) is 12.9. The minimum Gasteiger partial charge on any atom is -0.464 e. The van der Waals surface area contributed by atoms with Gasteiger partial charge >= 0.3 is 12.1 Å². The Morgan fingerprint density at radius 3 is 2.30 bits per heavy atom. The quantitative estimate of drug-likeness (QED) is 0.344. The van der Waals surface area contributed by atoms with Crippen molar-refractivity contribution in [1.29, 1.82) is 0 Å². The SMILES string of the molecule is COC(=O)c1c([Si](C)(C)C)c2c(n1C)-c1cn(C(=O)OC(C)(C)C)c3cccc-2c13. The highest BCUT2D eigenvalue weighted by molar-refractivity contribution is 6.90. The van der Waals surface area contributed by atoms with Gasteiger partial charge in [0.25, 0.3) is 0 Å². The van der Waals surface area contributed by atoms with Gasteiger partial charge in [0.05, 0.1) is 26.4 Å². The van der Waals surface area contributed by atoms with Gasteiger partial charge in [-0.2, -0.15) is 0 Å². The fourth-order valence-electron chi connectivity index (χ4n) is 4.46. The first-order valence-electron chi connectivity index (χ1n) is 10.1. The van der Waals surface area contributed by atoms with E-state index in [0.717, 1.165) is 38.5 Å². The van der Waals surface area contributed by atoms with Gasteiger partial charge in [0.15, 0.2) is 0 Å². The van der Waals surface area contributed by atoms with Crippen LogP contribution in [0.5, 0.6) is 0 Å². The number of benzene rings is 1. The molecule has 158 valence electrons. The van der Waals surface area contributed by atoms with E-state index in [9.17, 15) is 9.59 Å². The molecule has 7 heteroatoms. The lowest BCUT2D eigenvalue weighted by molar-refractivity contribution is 0.0542. The van der Waals surface area contributed by atoms with Crippen LogP contribution in [-0.2, 0) is 16.5 Å². The molecule has 0 aliphatic heterocycles. The van der Waals surface area contributed by atoms with Crippen molar-refractivity contribution in [2.75, 3.05) is 7.11 Å². The van der Waals surface area contributed by atoms with Crippen LogP contribution in [0.25, 0.3) is 33.3 Å². The molecule has 1 aromatic carbocycles. The van der Waals surface area contributed by atoms with Crippen molar-refractivity contribution in [3.8, 4) is 22.4 Å². The van der Waals surface area contributed by atoms with E-state index in [2.05, 4.69) is 25.7 Å². The van der Waals surface area contributed by atoms with E-state index in [-0.39, 0.29) is 5.97 Å². The lowest BCUT2D eigenvalue weighted by atomic mass is 10.1. The molecule has 0 unspecified atom stereocenters. The van der Waals surface area contributed by atoms with Crippen LogP contribution in [-0.4, -0.2) is 42.0 Å². The van der Waals surface area contributed by atoms with E-state index in [0.29, 0.717) is 5.69 Å². The Labute approximate surface area is 177 Å². The second-order valence-electron chi connectivity index (χ2n) is 9.84. The molecule has 4 rings (SSSR count). The Morgan fingerprint density at radius 1 is 1.07 bits per heavy atom. The van der Waals surface area contributed by atoms with Gasteiger partial charge in [0.1, 0.15) is 11.3 Å². The molecule has 0 amide bonds. The molecule has 3 aromatic rings. The molecule has 0 radical (unpaired) electrons. The summed E-state index contributed by atoms with van der Waals surface area (Å²) in [6.07, 6.45) is 1.43. The zero-order valence-electron chi connectivity index (χ0n) is 18.8. The van der Waals surface area contributed by atoms with E-state index in [4.69, 9.17) is 9.47 Å². The Morgan fingerprint density at radius 2 is 1.73 bits per heavy atom. The summed E-state index contributed by atoms with van der Waals surface area (Å²) in [4.78, 5) is 25.6. The molecular weight excluding hydrogens is 396 g/mol. The first kappa shape index (κ1) is 20.5. The average molecular weight is 425 g/mol. The fraction of sp³-hybridized carbons (Fsp3) is 0.391. The molecule has 0 saturated heterocycles. The van der Waals surface area contributed by atoms with Crippen molar-refractivity contribution in [2.45, 2.75) is 46.0 Å². The van der Waals surface area contributed by atoms with E-state index in [1.807, 2.05) is 50.7 Å². The summed E-state index contributed by atoms with van der Waals surface area (Å²) in [6, 6.07) is 5.96. The number of hydrogen-bond acceptors (Lipinski definition) is 4. The van der Waals surface area contributed by atoms with Gasteiger partial charge in [0.2, 0.25) is 0 Å². The molecule has 0 bridgehead atoms. The molecule has 2 aromatic heterocycles. The minimum absolute atomic E-state index is 0.329. The topological polar surface area (TPSA) is 62.5 Å². The van der Waals surface area contributed by atoms with E-state index >= 15 is 0 Å². The molecule has 1 aliphatic rings. The van der Waals surface area contributed by atoms with Gasteiger partial charge in [-0.05, 0) is 37.6 Å². The van der Waals surface area contributed by atoms with Crippen molar-refractivity contribution in [3.05, 3.63) is 30.1 Å². The zero-order valence-corrected chi connectivity index (χ0v) is 19.8. The van der Waals surface area contributed by atoms with Gasteiger partial charge in [-0.3, -0.25) is 4.57 Å². The summed E-state index contributed by atoms with van der Waals surface area (Å²) in [6.45, 7) is 12.3. The van der Waals surface area contributed by atoms with Crippen LogP contribution in [0, 0.1) is 0 Å². The average Bonchev–Trinajstić information content (AvgIpc) is 3.24. The summed E-state index contributed by atoms with van der Waals surface area (Å²) < 4.78 is 14.3. The number of hydrogen-bond donors (Lipinski definition) is 0. The molecule has 0 atom stereocenters. The molecule has 2 heterocycles. The smallest absolute Gasteiger partial charge is 0.419 e. The third-order valence-electron chi connectivity index (χ3n) is 5.47. The second-order valence-corrected chi connectivity index (χ2v) is 14.8. The van der Waals surface area contributed by atoms with Gasteiger partial charge in [0, 0.05) is 29.8 Å². The second kappa shape index (κ2) is 6.35. The zero-order chi connectivity index (χ0) is 22.2. The minimum atomic E-state index is -1.91. The van der Waals surface area contributed by atoms with Crippen LogP contribution in [0.1, 0.15) is 31.3 Å². The van der Waals surface area contributed by atoms with Crippen LogP contribution in [0.15, 0.2) is 24.4 Å². The van der Waals surface area contributed by atoms with Crippen molar-refractivity contribution in [2.24, 2.45) is 7.05 Å². The summed E-state index contributed by atoms with van der Waals surface area (Å²) in [7, 11) is 1.41. The maximum Gasteiger partial charge on any atom is 0.419 e. The first-order valence-corrected chi connectivity index (χ1v) is 13.6. The summed E-state index contributed by atoms with van der Waals surface area (Å²) >= 11 is 0. The lowest BCUT2D eigenvalue weighted by Gasteiger charge is -2.20. The number of methoxy groups -OCH3 is 1. The summed E-state index contributed by atoms with van der Waals surface area (Å²) in [5, 5.41) is 2.12. The van der Waals surface area contributed by atoms with Gasteiger partial charge in [-0.15, -0.1) is 0 Å². The number of aromatic nitrogens is 2. The number of rotatable bonds is 2. The van der Waals surface area contributed by atoms with Crippen molar-refractivity contribution in [1.82, 2.24) is 9.13 Å². The van der Waals surface area contributed by atoms with Crippen LogP contribution in [0.2, 0.25) is 19.6 Å². The Kier molecular flexibility index (Phi) is 4.33. The molecule has 30 heavy (non-hydrogen) atoms. The third kappa shape index (κ3) is 2.83. The first-order chi connectivity index (χ1) is 13.9.